The van der Waals surface area contributed by atoms with E-state index < -0.39 is 0 Å². The quantitative estimate of drug-likeness (QED) is 0.301. The molecule has 1 rings (SSSR count). The van der Waals surface area contributed by atoms with Crippen molar-refractivity contribution in [2.75, 3.05) is 0 Å². The molecule has 1 aliphatic heterocycles. The Balaban J connectivity index is 2.34. The van der Waals surface area contributed by atoms with Gasteiger partial charge < -0.3 is 8.81 Å². The summed E-state index contributed by atoms with van der Waals surface area (Å²) in [5.41, 5.74) is 0. The summed E-state index contributed by atoms with van der Waals surface area (Å²) >= 11 is 6.59. The van der Waals surface area contributed by atoms with Gasteiger partial charge in [-0.05, 0) is 68.6 Å². The molecule has 1 heterocycles. The van der Waals surface area contributed by atoms with Gasteiger partial charge in [-0.25, -0.2) is 0 Å². The zero-order chi connectivity index (χ0) is 6.85. The van der Waals surface area contributed by atoms with Gasteiger partial charge in [-0.3, -0.25) is 0 Å². The van der Waals surface area contributed by atoms with Crippen LogP contribution in [0.3, 0.4) is 0 Å². The van der Waals surface area contributed by atoms with E-state index in [9.17, 15) is 0 Å². The van der Waals surface area contributed by atoms with Gasteiger partial charge in [0.15, 0.2) is 0 Å². The lowest BCUT2D eigenvalue weighted by molar-refractivity contribution is 0.934. The molecule has 0 N–H and O–H groups in total. The Bertz CT molecular complexity index is 75.3. The third kappa shape index (κ3) is 3.45. The molecule has 0 aliphatic carbocycles. The summed E-state index contributed by atoms with van der Waals surface area (Å²) in [6, 6.07) is 0. The van der Waals surface area contributed by atoms with E-state index in [0.29, 0.717) is 0 Å². The fraction of sp³-hybridized carbons (Fsp3) is 0. The van der Waals surface area contributed by atoms with Crippen LogP contribution in [0, 0.1) is 0 Å². The predicted octanol–water partition coefficient (Wildman–Crippen LogP) is 0.559. The minimum atomic E-state index is 1.96. The van der Waals surface area contributed by atoms with Crippen molar-refractivity contribution in [3.63, 3.8) is 0 Å². The first-order valence-corrected chi connectivity index (χ1v) is 4.95. The van der Waals surface area contributed by atoms with Crippen LogP contribution in [0.25, 0.3) is 0 Å². The molecule has 1 saturated heterocycles. The number of rotatable bonds is 0. The van der Waals surface area contributed by atoms with Crippen LogP contribution in [-0.4, -0.2) is 31.5 Å². The van der Waals surface area contributed by atoms with Crippen molar-refractivity contribution in [1.29, 1.82) is 0 Å². The molecule has 9 heteroatoms. The lowest BCUT2D eigenvalue weighted by Crippen LogP contribution is -2.50. The summed E-state index contributed by atoms with van der Waals surface area (Å²) < 4.78 is 5.86. The average molecular weight is 455 g/mol. The van der Waals surface area contributed by atoms with Crippen molar-refractivity contribution >= 4 is 91.2 Å². The largest absolute Gasteiger partial charge is 0.309 e. The normalized spacial score (nSPS) is 24.3. The van der Waals surface area contributed by atoms with Gasteiger partial charge >= 0.3 is 22.6 Å². The van der Waals surface area contributed by atoms with Crippen LogP contribution in [0.2, 0.25) is 0 Å². The first-order valence-electron chi connectivity index (χ1n) is 2.06. The predicted molar refractivity (Wildman–Crippen MR) is 64.8 cm³/mol. The third-order valence-electron chi connectivity index (χ3n) is 0.662. The maximum absolute atomic E-state index is 2.20. The van der Waals surface area contributed by atoms with Crippen LogP contribution in [0.5, 0.6) is 0 Å². The van der Waals surface area contributed by atoms with Crippen molar-refractivity contribution in [1.82, 2.24) is 8.81 Å². The molecule has 0 spiro atoms. The summed E-state index contributed by atoms with van der Waals surface area (Å²) in [4.78, 5) is 0. The van der Waals surface area contributed by atoms with Crippen molar-refractivity contribution < 1.29 is 0 Å². The van der Waals surface area contributed by atoms with Crippen molar-refractivity contribution in [3.8, 4) is 0 Å². The highest BCUT2D eigenvalue weighted by Gasteiger charge is 2.23. The van der Waals surface area contributed by atoms with Crippen LogP contribution in [0.4, 0.5) is 0 Å². The molecule has 0 aromatic rings. The lowest BCUT2D eigenvalue weighted by Gasteiger charge is -2.28. The first-order chi connectivity index (χ1) is 4.18. The topological polar surface area (TPSA) is 9.72 Å². The lowest BCUT2D eigenvalue weighted by atomic mass is 9.85. The minimum absolute atomic E-state index is 1.96. The summed E-state index contributed by atoms with van der Waals surface area (Å²) in [6.07, 6.45) is 0. The van der Waals surface area contributed by atoms with E-state index in [0.717, 1.165) is 0 Å². The number of halogens is 3. The number of hydrogen-bond acceptors (Lipinski definition) is 3. The fourth-order valence-corrected chi connectivity index (χ4v) is 3.45. The third-order valence-corrected chi connectivity index (χ3v) is 2.16. The van der Waals surface area contributed by atoms with E-state index >= 15 is 0 Å². The second kappa shape index (κ2) is 4.33. The van der Waals surface area contributed by atoms with E-state index in [1.165, 1.54) is 0 Å². The zero-order valence-electron chi connectivity index (χ0n) is 4.21. The fourth-order valence-electron chi connectivity index (χ4n) is 0.406. The van der Waals surface area contributed by atoms with Gasteiger partial charge in [0.25, 0.3) is 0 Å². The van der Waals surface area contributed by atoms with Crippen molar-refractivity contribution in [2.24, 2.45) is 0 Å². The second-order valence-electron chi connectivity index (χ2n) is 1.38. The maximum atomic E-state index is 2.20. The van der Waals surface area contributed by atoms with E-state index in [1.807, 2.05) is 31.5 Å². The molecular formula is B3I3N3. The smallest absolute Gasteiger partial charge is 0.305 e. The van der Waals surface area contributed by atoms with Gasteiger partial charge in [0.05, 0.1) is 0 Å². The van der Waals surface area contributed by atoms with Crippen molar-refractivity contribution in [3.05, 3.63) is 0 Å². The molecule has 0 aromatic carbocycles. The van der Waals surface area contributed by atoms with E-state index in [2.05, 4.69) is 68.6 Å². The molecule has 0 atom stereocenters. The van der Waals surface area contributed by atoms with Crippen LogP contribution in [0.15, 0.2) is 0 Å². The summed E-state index contributed by atoms with van der Waals surface area (Å²) in [5, 5.41) is 0. The molecule has 1 fully saturated rings. The number of nitrogens with zero attached hydrogens (tertiary/aromatic N) is 3. The molecule has 0 aromatic heterocycles. The Morgan fingerprint density at radius 1 is 0.667 bits per heavy atom. The molecule has 45 valence electrons. The second-order valence-corrected chi connectivity index (χ2v) is 4.72. The highest BCUT2D eigenvalue weighted by molar-refractivity contribution is 14.1. The Morgan fingerprint density at radius 2 is 0.889 bits per heavy atom. The van der Waals surface area contributed by atoms with Gasteiger partial charge in [-0.2, -0.15) is 0 Å². The first kappa shape index (κ1) is 9.35. The Labute approximate surface area is 98.6 Å². The van der Waals surface area contributed by atoms with E-state index in [1.54, 1.807) is 0 Å². The van der Waals surface area contributed by atoms with E-state index in [-0.39, 0.29) is 0 Å². The van der Waals surface area contributed by atoms with Crippen LogP contribution >= 0.6 is 68.6 Å². The van der Waals surface area contributed by atoms with E-state index in [4.69, 9.17) is 0 Å². The van der Waals surface area contributed by atoms with Gasteiger partial charge in [0, 0.05) is 0 Å². The zero-order valence-corrected chi connectivity index (χ0v) is 10.7. The molecule has 9 heavy (non-hydrogen) atoms. The van der Waals surface area contributed by atoms with Crippen molar-refractivity contribution in [2.45, 2.75) is 0 Å². The maximum Gasteiger partial charge on any atom is 0.309 e. The Kier molecular flexibility index (Phi) is 4.50. The monoisotopic (exact) mass is 456 g/mol. The molecule has 1 aliphatic rings. The van der Waals surface area contributed by atoms with Crippen LogP contribution in [0.1, 0.15) is 0 Å². The molecule has 0 saturated carbocycles. The molecule has 0 unspecified atom stereocenters. The van der Waals surface area contributed by atoms with Gasteiger partial charge in [0.1, 0.15) is 0 Å². The summed E-state index contributed by atoms with van der Waals surface area (Å²) in [6.45, 7) is 0. The standard InChI is InChI=1S/B3I3N3/c4-7-1-8(5)3-9(6)2-7. The minimum Gasteiger partial charge on any atom is -0.305 e. The Hall–Kier alpha value is 2.26. The summed E-state index contributed by atoms with van der Waals surface area (Å²) in [7, 11) is 5.91. The van der Waals surface area contributed by atoms with Gasteiger partial charge in [-0.15, -0.1) is 0 Å². The summed E-state index contributed by atoms with van der Waals surface area (Å²) in [5.74, 6) is 0. The Morgan fingerprint density at radius 3 is 1.11 bits per heavy atom. The molecule has 0 bridgehead atoms. The van der Waals surface area contributed by atoms with Crippen LogP contribution in [-0.2, 0) is 0 Å². The SMILES string of the molecule is IN1[B]N(I)[B]N(I)[B]1. The molecule has 3 nitrogen and oxygen atoms in total. The molecule has 0 amide bonds. The van der Waals surface area contributed by atoms with Gasteiger partial charge in [0.2, 0.25) is 0 Å². The van der Waals surface area contributed by atoms with Crippen LogP contribution < -0.4 is 0 Å². The molecular weight excluding hydrogens is 455 g/mol. The highest BCUT2D eigenvalue weighted by atomic mass is 127. The average Bonchev–Trinajstić information content (AvgIpc) is 1.59. The highest BCUT2D eigenvalue weighted by Crippen LogP contribution is 2.11. The number of hydrogen-bond donors (Lipinski definition) is 0. The van der Waals surface area contributed by atoms with Gasteiger partial charge in [-0.1, -0.05) is 0 Å². The molecule has 3 radical (unpaired) electrons.